The number of aryl methyl sites for hydroxylation is 2. The number of nitrogens with zero attached hydrogens (tertiary/aromatic N) is 4. The van der Waals surface area contributed by atoms with Gasteiger partial charge in [-0.15, -0.1) is 0 Å². The highest BCUT2D eigenvalue weighted by Crippen LogP contribution is 2.18. The molecule has 152 valence electrons. The summed E-state index contributed by atoms with van der Waals surface area (Å²) in [5.74, 6) is 0.780. The summed E-state index contributed by atoms with van der Waals surface area (Å²) >= 11 is 0. The van der Waals surface area contributed by atoms with Gasteiger partial charge in [0.1, 0.15) is 5.82 Å². The number of pyridine rings is 1. The van der Waals surface area contributed by atoms with E-state index in [1.807, 2.05) is 33.0 Å². The molecular weight excluding hydrogens is 352 g/mol. The van der Waals surface area contributed by atoms with E-state index in [1.165, 1.54) is 24.8 Å². The third-order valence-corrected chi connectivity index (χ3v) is 5.76. The van der Waals surface area contributed by atoms with Gasteiger partial charge in [-0.3, -0.25) is 9.89 Å². The summed E-state index contributed by atoms with van der Waals surface area (Å²) in [6.45, 7) is 6.61. The highest BCUT2D eigenvalue weighted by Gasteiger charge is 2.18. The van der Waals surface area contributed by atoms with E-state index in [9.17, 15) is 4.79 Å². The number of carbonyl (C=O) groups is 1. The number of aromatic amines is 1. The minimum atomic E-state index is -0.0540. The zero-order valence-electron chi connectivity index (χ0n) is 17.5. The third kappa shape index (κ3) is 4.90. The fourth-order valence-electron chi connectivity index (χ4n) is 3.83. The molecule has 1 atom stereocenters. The number of rotatable bonds is 7. The van der Waals surface area contributed by atoms with E-state index < -0.39 is 0 Å². The molecule has 3 heterocycles. The summed E-state index contributed by atoms with van der Waals surface area (Å²) in [4.78, 5) is 21.3. The molecule has 1 fully saturated rings. The lowest BCUT2D eigenvalue weighted by Crippen LogP contribution is -2.39. The van der Waals surface area contributed by atoms with E-state index in [2.05, 4.69) is 37.3 Å². The van der Waals surface area contributed by atoms with Crippen LogP contribution < -0.4 is 10.2 Å². The minimum absolute atomic E-state index is 0.0540. The number of nitrogens with one attached hydrogen (secondary N) is 2. The summed E-state index contributed by atoms with van der Waals surface area (Å²) in [6.07, 6.45) is 6.46. The van der Waals surface area contributed by atoms with E-state index in [4.69, 9.17) is 0 Å². The molecule has 0 bridgehead atoms. The first-order valence-corrected chi connectivity index (χ1v) is 10.1. The van der Waals surface area contributed by atoms with Gasteiger partial charge in [-0.1, -0.05) is 6.42 Å². The molecule has 0 aliphatic carbocycles. The van der Waals surface area contributed by atoms with E-state index in [0.717, 1.165) is 36.7 Å². The standard InChI is InChI=1S/C21H32N6O/c1-15-19(16(2)25-24-15)14-27(4)20-9-8-17(13-23-20)21(28)22-11-10-18-7-5-6-12-26(18)3/h8-9,13,18H,5-7,10-12,14H2,1-4H3,(H,22,28)(H,24,25)/t18-/m0/s1. The van der Waals surface area contributed by atoms with Crippen molar-refractivity contribution in [1.29, 1.82) is 0 Å². The SMILES string of the molecule is Cc1n[nH]c(C)c1CN(C)c1ccc(C(=O)NCC[C@@H]2CCCCN2C)cn1. The van der Waals surface area contributed by atoms with Crippen molar-refractivity contribution in [1.82, 2.24) is 25.4 Å². The van der Waals surface area contributed by atoms with E-state index in [1.54, 1.807) is 6.20 Å². The number of likely N-dealkylation sites (tertiary alicyclic amines) is 1. The smallest absolute Gasteiger partial charge is 0.252 e. The molecule has 0 aromatic carbocycles. The van der Waals surface area contributed by atoms with Crippen molar-refractivity contribution in [3.05, 3.63) is 40.8 Å². The number of amides is 1. The largest absolute Gasteiger partial charge is 0.355 e. The summed E-state index contributed by atoms with van der Waals surface area (Å²) in [7, 11) is 4.17. The maximum Gasteiger partial charge on any atom is 0.252 e. The van der Waals surface area contributed by atoms with Crippen LogP contribution in [0.3, 0.4) is 0 Å². The van der Waals surface area contributed by atoms with Crippen LogP contribution in [-0.4, -0.2) is 59.2 Å². The minimum Gasteiger partial charge on any atom is -0.355 e. The highest BCUT2D eigenvalue weighted by atomic mass is 16.1. The van der Waals surface area contributed by atoms with Gasteiger partial charge in [-0.2, -0.15) is 5.10 Å². The van der Waals surface area contributed by atoms with Crippen LogP contribution in [0.2, 0.25) is 0 Å². The maximum absolute atomic E-state index is 12.4. The predicted octanol–water partition coefficient (Wildman–Crippen LogP) is 2.66. The summed E-state index contributed by atoms with van der Waals surface area (Å²) < 4.78 is 0. The van der Waals surface area contributed by atoms with Gasteiger partial charge in [0, 0.05) is 43.6 Å². The molecule has 2 aromatic heterocycles. The molecule has 2 N–H and O–H groups in total. The number of H-pyrrole nitrogens is 1. The first-order valence-electron chi connectivity index (χ1n) is 10.1. The Labute approximate surface area is 167 Å². The van der Waals surface area contributed by atoms with Crippen LogP contribution in [0, 0.1) is 13.8 Å². The van der Waals surface area contributed by atoms with Gasteiger partial charge in [0.15, 0.2) is 0 Å². The van der Waals surface area contributed by atoms with Crippen LogP contribution in [0.15, 0.2) is 18.3 Å². The Morgan fingerprint density at radius 3 is 2.82 bits per heavy atom. The number of hydrogen-bond donors (Lipinski definition) is 2. The molecular formula is C21H32N6O. The van der Waals surface area contributed by atoms with Gasteiger partial charge < -0.3 is 15.1 Å². The zero-order valence-corrected chi connectivity index (χ0v) is 17.5. The highest BCUT2D eigenvalue weighted by molar-refractivity contribution is 5.94. The summed E-state index contributed by atoms with van der Waals surface area (Å²) in [5, 5.41) is 10.3. The van der Waals surface area contributed by atoms with Crippen LogP contribution in [0.1, 0.15) is 53.0 Å². The molecule has 7 nitrogen and oxygen atoms in total. The van der Waals surface area contributed by atoms with Crippen LogP contribution in [0.4, 0.5) is 5.82 Å². The molecule has 1 saturated heterocycles. The van der Waals surface area contributed by atoms with Crippen molar-refractivity contribution in [3.8, 4) is 0 Å². The van der Waals surface area contributed by atoms with Crippen molar-refractivity contribution >= 4 is 11.7 Å². The monoisotopic (exact) mass is 384 g/mol. The van der Waals surface area contributed by atoms with Gasteiger partial charge in [-0.25, -0.2) is 4.98 Å². The second kappa shape index (κ2) is 9.19. The van der Waals surface area contributed by atoms with Crippen LogP contribution in [0.25, 0.3) is 0 Å². The fourth-order valence-corrected chi connectivity index (χ4v) is 3.83. The quantitative estimate of drug-likeness (QED) is 0.767. The van der Waals surface area contributed by atoms with E-state index in [-0.39, 0.29) is 5.91 Å². The molecule has 2 aromatic rings. The Hall–Kier alpha value is -2.41. The Bertz CT molecular complexity index is 765. The summed E-state index contributed by atoms with van der Waals surface area (Å²) in [5.41, 5.74) is 3.86. The van der Waals surface area contributed by atoms with Crippen LogP contribution in [0.5, 0.6) is 0 Å². The van der Waals surface area contributed by atoms with E-state index in [0.29, 0.717) is 18.2 Å². The van der Waals surface area contributed by atoms with Gasteiger partial charge in [0.2, 0.25) is 0 Å². The number of anilines is 1. The lowest BCUT2D eigenvalue weighted by Gasteiger charge is -2.32. The third-order valence-electron chi connectivity index (χ3n) is 5.76. The molecule has 1 aliphatic rings. The second-order valence-electron chi connectivity index (χ2n) is 7.85. The average molecular weight is 385 g/mol. The lowest BCUT2D eigenvalue weighted by molar-refractivity contribution is 0.0945. The van der Waals surface area contributed by atoms with Crippen molar-refractivity contribution in [2.45, 2.75) is 52.1 Å². The Morgan fingerprint density at radius 1 is 1.36 bits per heavy atom. The lowest BCUT2D eigenvalue weighted by atomic mass is 10.0. The van der Waals surface area contributed by atoms with E-state index >= 15 is 0 Å². The molecule has 0 unspecified atom stereocenters. The molecule has 28 heavy (non-hydrogen) atoms. The fraction of sp³-hybridized carbons (Fsp3) is 0.571. The number of aromatic nitrogens is 3. The summed E-state index contributed by atoms with van der Waals surface area (Å²) in [6, 6.07) is 4.32. The Kier molecular flexibility index (Phi) is 6.67. The average Bonchev–Trinajstić information content (AvgIpc) is 3.01. The zero-order chi connectivity index (χ0) is 20.1. The topological polar surface area (TPSA) is 77.2 Å². The van der Waals surface area contributed by atoms with Gasteiger partial charge in [0.05, 0.1) is 11.3 Å². The Balaban J connectivity index is 1.51. The van der Waals surface area contributed by atoms with Crippen LogP contribution in [-0.2, 0) is 6.54 Å². The molecule has 1 aliphatic heterocycles. The molecule has 0 spiro atoms. The van der Waals surface area contributed by atoms with Gasteiger partial charge in [-0.05, 0) is 58.8 Å². The first kappa shape index (κ1) is 20.3. The normalized spacial score (nSPS) is 17.5. The van der Waals surface area contributed by atoms with Crippen LogP contribution >= 0.6 is 0 Å². The van der Waals surface area contributed by atoms with Crippen molar-refractivity contribution in [2.75, 3.05) is 32.1 Å². The molecule has 0 radical (unpaired) electrons. The second-order valence-corrected chi connectivity index (χ2v) is 7.85. The van der Waals surface area contributed by atoms with Crippen molar-refractivity contribution in [2.24, 2.45) is 0 Å². The molecule has 0 saturated carbocycles. The number of carbonyl (C=O) groups excluding carboxylic acids is 1. The number of hydrogen-bond acceptors (Lipinski definition) is 5. The molecule has 3 rings (SSSR count). The number of piperidine rings is 1. The molecule has 7 heteroatoms. The predicted molar refractivity (Wildman–Crippen MR) is 112 cm³/mol. The van der Waals surface area contributed by atoms with Crippen molar-refractivity contribution in [3.63, 3.8) is 0 Å². The maximum atomic E-state index is 12.4. The van der Waals surface area contributed by atoms with Crippen molar-refractivity contribution < 1.29 is 4.79 Å². The Morgan fingerprint density at radius 2 is 2.18 bits per heavy atom. The van der Waals surface area contributed by atoms with Gasteiger partial charge in [0.25, 0.3) is 5.91 Å². The molecule has 1 amide bonds. The van der Waals surface area contributed by atoms with Gasteiger partial charge >= 0.3 is 0 Å². The first-order chi connectivity index (χ1) is 13.5.